The summed E-state index contributed by atoms with van der Waals surface area (Å²) in [4.78, 5) is 11.3. The number of aromatic nitrogens is 4. The molecule has 0 saturated heterocycles. The van der Waals surface area contributed by atoms with E-state index in [4.69, 9.17) is 5.11 Å². The van der Waals surface area contributed by atoms with E-state index in [0.29, 0.717) is 19.4 Å². The lowest BCUT2D eigenvalue weighted by Crippen LogP contribution is -2.09. The van der Waals surface area contributed by atoms with E-state index >= 15 is 0 Å². The molecule has 1 aromatic heterocycles. The summed E-state index contributed by atoms with van der Waals surface area (Å²) in [7, 11) is 0. The van der Waals surface area contributed by atoms with Crippen LogP contribution in [0, 0.1) is 0 Å². The number of aryl methyl sites for hydroxylation is 1. The normalized spacial score (nSPS) is 11.8. The van der Waals surface area contributed by atoms with Crippen molar-refractivity contribution < 1.29 is 23.1 Å². The Hall–Kier alpha value is -1.67. The Labute approximate surface area is 120 Å². The first kappa shape index (κ1) is 17.4. The first-order chi connectivity index (χ1) is 9.89. The van der Waals surface area contributed by atoms with Gasteiger partial charge in [0.2, 0.25) is 0 Å². The maximum atomic E-state index is 12.2. The van der Waals surface area contributed by atoms with E-state index in [2.05, 4.69) is 15.4 Å². The van der Waals surface area contributed by atoms with Crippen molar-refractivity contribution in [3.8, 4) is 0 Å². The molecular weight excluding hydrogens is 289 g/mol. The van der Waals surface area contributed by atoms with Crippen molar-refractivity contribution in [2.75, 3.05) is 0 Å². The highest BCUT2D eigenvalue weighted by Crippen LogP contribution is 2.24. The lowest BCUT2D eigenvalue weighted by molar-refractivity contribution is -0.145. The topological polar surface area (TPSA) is 80.9 Å². The molecule has 0 spiro atoms. The van der Waals surface area contributed by atoms with Crippen molar-refractivity contribution in [1.29, 1.82) is 0 Å². The molecule has 0 unspecified atom stereocenters. The van der Waals surface area contributed by atoms with Gasteiger partial charge in [-0.2, -0.15) is 18.0 Å². The molecule has 0 saturated carbocycles. The zero-order chi connectivity index (χ0) is 15.7. The van der Waals surface area contributed by atoms with Crippen molar-refractivity contribution in [3.05, 3.63) is 5.82 Å². The molecule has 0 amide bonds. The highest BCUT2D eigenvalue weighted by Gasteiger charge is 2.36. The third kappa shape index (κ3) is 7.62. The predicted molar refractivity (Wildman–Crippen MR) is 67.4 cm³/mol. The molecule has 6 nitrogen and oxygen atoms in total. The summed E-state index contributed by atoms with van der Waals surface area (Å²) in [5.41, 5.74) is 0. The molecule has 0 radical (unpaired) electrons. The Morgan fingerprint density at radius 1 is 1.05 bits per heavy atom. The third-order valence-electron chi connectivity index (χ3n) is 2.96. The smallest absolute Gasteiger partial charge is 0.455 e. The average molecular weight is 308 g/mol. The number of alkyl halides is 3. The van der Waals surface area contributed by atoms with Crippen molar-refractivity contribution in [3.63, 3.8) is 0 Å². The van der Waals surface area contributed by atoms with Crippen LogP contribution in [0.25, 0.3) is 0 Å². The van der Waals surface area contributed by atoms with E-state index in [9.17, 15) is 18.0 Å². The number of aliphatic carboxylic acids is 1. The molecule has 0 aliphatic heterocycles. The van der Waals surface area contributed by atoms with Gasteiger partial charge >= 0.3 is 12.1 Å². The lowest BCUT2D eigenvalue weighted by Gasteiger charge is -2.01. The van der Waals surface area contributed by atoms with E-state index < -0.39 is 18.0 Å². The highest BCUT2D eigenvalue weighted by atomic mass is 19.4. The summed E-state index contributed by atoms with van der Waals surface area (Å²) in [5, 5.41) is 18.0. The number of hydrogen-bond donors (Lipinski definition) is 1. The van der Waals surface area contributed by atoms with Gasteiger partial charge in [0, 0.05) is 6.42 Å². The van der Waals surface area contributed by atoms with Gasteiger partial charge in [0.1, 0.15) is 0 Å². The van der Waals surface area contributed by atoms with Gasteiger partial charge in [-0.3, -0.25) is 4.79 Å². The van der Waals surface area contributed by atoms with Crippen LogP contribution < -0.4 is 0 Å². The van der Waals surface area contributed by atoms with Gasteiger partial charge < -0.3 is 5.11 Å². The Bertz CT molecular complexity index is 434. The summed E-state index contributed by atoms with van der Waals surface area (Å²) in [6.07, 6.45) is 1.77. The fourth-order valence-corrected chi connectivity index (χ4v) is 1.86. The minimum Gasteiger partial charge on any atom is -0.481 e. The summed E-state index contributed by atoms with van der Waals surface area (Å²) >= 11 is 0. The van der Waals surface area contributed by atoms with Gasteiger partial charge in [-0.1, -0.05) is 32.1 Å². The van der Waals surface area contributed by atoms with E-state index in [-0.39, 0.29) is 6.42 Å². The quantitative estimate of drug-likeness (QED) is 0.672. The largest absolute Gasteiger partial charge is 0.481 e. The lowest BCUT2D eigenvalue weighted by atomic mass is 10.1. The average Bonchev–Trinajstić information content (AvgIpc) is 2.85. The molecule has 120 valence electrons. The summed E-state index contributed by atoms with van der Waals surface area (Å²) in [6, 6.07) is 0. The molecular formula is C12H19F3N4O2. The van der Waals surface area contributed by atoms with Crippen LogP contribution in [-0.4, -0.2) is 31.3 Å². The molecule has 0 atom stereocenters. The second-order valence-corrected chi connectivity index (χ2v) is 4.83. The summed E-state index contributed by atoms with van der Waals surface area (Å²) < 4.78 is 36.7. The van der Waals surface area contributed by atoms with Crippen molar-refractivity contribution in [2.45, 2.75) is 64.1 Å². The highest BCUT2D eigenvalue weighted by molar-refractivity contribution is 5.66. The Kier molecular flexibility index (Phi) is 7.10. The zero-order valence-electron chi connectivity index (χ0n) is 11.6. The second-order valence-electron chi connectivity index (χ2n) is 4.83. The molecule has 0 aromatic carbocycles. The summed E-state index contributed by atoms with van der Waals surface area (Å²) in [6.45, 7) is 0.322. The number of nitrogens with zero attached hydrogens (tertiary/aromatic N) is 4. The van der Waals surface area contributed by atoms with Crippen LogP contribution in [0.3, 0.4) is 0 Å². The standard InChI is InChI=1S/C12H19F3N4O2/c13-12(14,15)11-16-18-19(17-11)9-7-5-3-1-2-4-6-8-10(20)21/h1-9H2,(H,20,21). The van der Waals surface area contributed by atoms with Crippen LogP contribution in [0.2, 0.25) is 0 Å². The van der Waals surface area contributed by atoms with Gasteiger partial charge in [0.15, 0.2) is 0 Å². The van der Waals surface area contributed by atoms with E-state index in [1.54, 1.807) is 0 Å². The monoisotopic (exact) mass is 308 g/mol. The molecule has 1 N–H and O–H groups in total. The number of halogens is 3. The second kappa shape index (κ2) is 8.58. The van der Waals surface area contributed by atoms with E-state index in [1.807, 2.05) is 0 Å². The Morgan fingerprint density at radius 3 is 2.14 bits per heavy atom. The number of carbonyl (C=O) groups is 1. The fraction of sp³-hybridized carbons (Fsp3) is 0.833. The third-order valence-corrected chi connectivity index (χ3v) is 2.96. The van der Waals surface area contributed by atoms with Crippen LogP contribution in [0.1, 0.15) is 57.2 Å². The number of carboxylic acid groups (broad SMARTS) is 1. The first-order valence-electron chi connectivity index (χ1n) is 6.96. The van der Waals surface area contributed by atoms with Gasteiger partial charge in [-0.25, -0.2) is 0 Å². The molecule has 0 aliphatic carbocycles. The molecule has 1 rings (SSSR count). The van der Waals surface area contributed by atoms with Gasteiger partial charge in [0.25, 0.3) is 5.82 Å². The number of carboxylic acids is 1. The van der Waals surface area contributed by atoms with Crippen molar-refractivity contribution >= 4 is 5.97 Å². The van der Waals surface area contributed by atoms with Gasteiger partial charge in [-0.05, 0) is 18.1 Å². The number of rotatable bonds is 10. The van der Waals surface area contributed by atoms with Crippen molar-refractivity contribution in [2.24, 2.45) is 0 Å². The van der Waals surface area contributed by atoms with Crippen LogP contribution in [0.4, 0.5) is 13.2 Å². The van der Waals surface area contributed by atoms with Crippen LogP contribution in [-0.2, 0) is 17.5 Å². The number of tetrazole rings is 1. The van der Waals surface area contributed by atoms with Crippen LogP contribution >= 0.6 is 0 Å². The maximum Gasteiger partial charge on any atom is 0.455 e. The number of unbranched alkanes of at least 4 members (excludes halogenated alkanes) is 6. The molecule has 21 heavy (non-hydrogen) atoms. The van der Waals surface area contributed by atoms with Gasteiger partial charge in [-0.15, -0.1) is 10.2 Å². The molecule has 9 heteroatoms. The Morgan fingerprint density at radius 2 is 1.62 bits per heavy atom. The first-order valence-corrected chi connectivity index (χ1v) is 6.96. The fourth-order valence-electron chi connectivity index (χ4n) is 1.86. The zero-order valence-corrected chi connectivity index (χ0v) is 11.6. The van der Waals surface area contributed by atoms with E-state index in [0.717, 1.165) is 36.9 Å². The van der Waals surface area contributed by atoms with Crippen LogP contribution in [0.15, 0.2) is 0 Å². The maximum absolute atomic E-state index is 12.2. The van der Waals surface area contributed by atoms with E-state index in [1.165, 1.54) is 0 Å². The number of hydrogen-bond acceptors (Lipinski definition) is 4. The van der Waals surface area contributed by atoms with Crippen LogP contribution in [0.5, 0.6) is 0 Å². The minimum absolute atomic E-state index is 0.208. The molecule has 1 heterocycles. The van der Waals surface area contributed by atoms with Gasteiger partial charge in [0.05, 0.1) is 6.54 Å². The predicted octanol–water partition coefficient (Wildman–Crippen LogP) is 2.90. The minimum atomic E-state index is -4.55. The molecule has 0 bridgehead atoms. The molecule has 0 aliphatic rings. The molecule has 0 fully saturated rings. The molecule has 1 aromatic rings. The SMILES string of the molecule is O=C(O)CCCCCCCCCn1nnc(C(F)(F)F)n1. The Balaban J connectivity index is 2.02. The van der Waals surface area contributed by atoms with Crippen molar-refractivity contribution in [1.82, 2.24) is 20.2 Å². The summed E-state index contributed by atoms with van der Waals surface area (Å²) in [5.74, 6) is -1.98.